The third-order valence-corrected chi connectivity index (χ3v) is 2.49. The van der Waals surface area contributed by atoms with Crippen LogP contribution in [0.5, 0.6) is 0 Å². The highest BCUT2D eigenvalue weighted by Crippen LogP contribution is 2.12. The van der Waals surface area contributed by atoms with Gasteiger partial charge in [0.05, 0.1) is 0 Å². The van der Waals surface area contributed by atoms with E-state index in [0.717, 1.165) is 12.5 Å². The number of rotatable bonds is 3. The van der Waals surface area contributed by atoms with Gasteiger partial charge in [0.2, 0.25) is 0 Å². The summed E-state index contributed by atoms with van der Waals surface area (Å²) in [7, 11) is 0. The second-order valence-corrected chi connectivity index (χ2v) is 3.42. The van der Waals surface area contributed by atoms with Gasteiger partial charge in [0.1, 0.15) is 0 Å². The Balaban J connectivity index is 1.74. The van der Waals surface area contributed by atoms with Crippen molar-refractivity contribution in [3.63, 3.8) is 0 Å². The van der Waals surface area contributed by atoms with Crippen LogP contribution in [0, 0.1) is 5.92 Å². The van der Waals surface area contributed by atoms with Crippen molar-refractivity contribution in [1.82, 2.24) is 15.1 Å². The van der Waals surface area contributed by atoms with Crippen LogP contribution in [0.2, 0.25) is 0 Å². The molecular formula is C9H15N3. The zero-order valence-corrected chi connectivity index (χ0v) is 7.24. The fraction of sp³-hybridized carbons (Fsp3) is 0.667. The summed E-state index contributed by atoms with van der Waals surface area (Å²) < 4.78 is 2.01. The van der Waals surface area contributed by atoms with E-state index in [9.17, 15) is 0 Å². The molecule has 0 spiro atoms. The molecule has 1 N–H and O–H groups in total. The van der Waals surface area contributed by atoms with Crippen molar-refractivity contribution in [2.75, 3.05) is 13.1 Å². The van der Waals surface area contributed by atoms with Crippen molar-refractivity contribution in [3.05, 3.63) is 18.5 Å². The fourth-order valence-corrected chi connectivity index (χ4v) is 1.71. The van der Waals surface area contributed by atoms with Gasteiger partial charge in [-0.2, -0.15) is 5.10 Å². The van der Waals surface area contributed by atoms with Gasteiger partial charge in [-0.1, -0.05) is 0 Å². The Kier molecular flexibility index (Phi) is 2.42. The topological polar surface area (TPSA) is 29.9 Å². The summed E-state index contributed by atoms with van der Waals surface area (Å²) in [6, 6.07) is 1.98. The summed E-state index contributed by atoms with van der Waals surface area (Å²) in [6.07, 6.45) is 6.46. The zero-order chi connectivity index (χ0) is 8.23. The Morgan fingerprint density at radius 2 is 2.58 bits per heavy atom. The number of aromatic nitrogens is 2. The predicted molar refractivity (Wildman–Crippen MR) is 47.8 cm³/mol. The Morgan fingerprint density at radius 1 is 1.58 bits per heavy atom. The quantitative estimate of drug-likeness (QED) is 0.720. The molecule has 0 saturated carbocycles. The lowest BCUT2D eigenvalue weighted by Gasteiger charge is -2.07. The first-order valence-corrected chi connectivity index (χ1v) is 4.63. The summed E-state index contributed by atoms with van der Waals surface area (Å²) >= 11 is 0. The van der Waals surface area contributed by atoms with Crippen LogP contribution >= 0.6 is 0 Å². The highest BCUT2D eigenvalue weighted by molar-refractivity contribution is 4.78. The van der Waals surface area contributed by atoms with Crippen molar-refractivity contribution < 1.29 is 0 Å². The van der Waals surface area contributed by atoms with Crippen LogP contribution in [0.3, 0.4) is 0 Å². The molecule has 1 saturated heterocycles. The van der Waals surface area contributed by atoms with Crippen LogP contribution in [-0.4, -0.2) is 22.9 Å². The third kappa shape index (κ3) is 1.85. The van der Waals surface area contributed by atoms with E-state index in [1.807, 2.05) is 23.1 Å². The number of hydrogen-bond acceptors (Lipinski definition) is 2. The maximum Gasteiger partial charge on any atom is 0.0489 e. The van der Waals surface area contributed by atoms with E-state index in [0.29, 0.717) is 0 Å². The van der Waals surface area contributed by atoms with Gasteiger partial charge in [0.25, 0.3) is 0 Å². The van der Waals surface area contributed by atoms with Gasteiger partial charge in [0, 0.05) is 18.9 Å². The predicted octanol–water partition coefficient (Wildman–Crippen LogP) is 0.883. The average molecular weight is 165 g/mol. The molecule has 1 aromatic heterocycles. The molecule has 2 rings (SSSR count). The second-order valence-electron chi connectivity index (χ2n) is 3.42. The first-order valence-electron chi connectivity index (χ1n) is 4.63. The maximum absolute atomic E-state index is 4.17. The van der Waals surface area contributed by atoms with Crippen molar-refractivity contribution in [2.45, 2.75) is 19.4 Å². The van der Waals surface area contributed by atoms with E-state index in [-0.39, 0.29) is 0 Å². The molecule has 1 unspecified atom stereocenters. The Morgan fingerprint density at radius 3 is 3.25 bits per heavy atom. The van der Waals surface area contributed by atoms with Crippen LogP contribution < -0.4 is 5.32 Å². The number of hydrogen-bond donors (Lipinski definition) is 1. The van der Waals surface area contributed by atoms with Crippen LogP contribution in [-0.2, 0) is 6.54 Å². The van der Waals surface area contributed by atoms with Crippen LogP contribution in [0.4, 0.5) is 0 Å². The lowest BCUT2D eigenvalue weighted by atomic mass is 10.1. The second kappa shape index (κ2) is 3.72. The SMILES string of the molecule is c1cnn(CCC2CCNC2)c1. The van der Waals surface area contributed by atoms with Gasteiger partial charge in [-0.05, 0) is 37.9 Å². The summed E-state index contributed by atoms with van der Waals surface area (Å²) in [5.74, 6) is 0.870. The monoisotopic (exact) mass is 165 g/mol. The van der Waals surface area contributed by atoms with E-state index in [2.05, 4.69) is 10.4 Å². The Hall–Kier alpha value is -0.830. The van der Waals surface area contributed by atoms with Crippen molar-refractivity contribution in [2.24, 2.45) is 5.92 Å². The molecule has 1 aliphatic rings. The summed E-state index contributed by atoms with van der Waals surface area (Å²) in [5.41, 5.74) is 0. The molecule has 2 heterocycles. The number of aryl methyl sites for hydroxylation is 1. The first-order chi connectivity index (χ1) is 5.95. The minimum Gasteiger partial charge on any atom is -0.316 e. The molecule has 1 atom stereocenters. The normalized spacial score (nSPS) is 23.2. The minimum absolute atomic E-state index is 0.870. The van der Waals surface area contributed by atoms with Crippen molar-refractivity contribution >= 4 is 0 Å². The molecule has 0 aliphatic carbocycles. The minimum atomic E-state index is 0.870. The maximum atomic E-state index is 4.17. The van der Waals surface area contributed by atoms with E-state index in [1.165, 1.54) is 25.9 Å². The highest BCUT2D eigenvalue weighted by Gasteiger charge is 2.13. The molecule has 66 valence electrons. The van der Waals surface area contributed by atoms with Crippen molar-refractivity contribution in [1.29, 1.82) is 0 Å². The van der Waals surface area contributed by atoms with Gasteiger partial charge in [-0.25, -0.2) is 0 Å². The molecule has 0 amide bonds. The van der Waals surface area contributed by atoms with Gasteiger partial charge >= 0.3 is 0 Å². The summed E-state index contributed by atoms with van der Waals surface area (Å²) in [6.45, 7) is 3.46. The van der Waals surface area contributed by atoms with Crippen molar-refractivity contribution in [3.8, 4) is 0 Å². The Labute approximate surface area is 72.8 Å². The van der Waals surface area contributed by atoms with Gasteiger partial charge in [0.15, 0.2) is 0 Å². The van der Waals surface area contributed by atoms with E-state index in [4.69, 9.17) is 0 Å². The standard InChI is InChI=1S/C9H15N3/c1-4-11-12(6-1)7-3-9-2-5-10-8-9/h1,4,6,9-10H,2-3,5,7-8H2. The summed E-state index contributed by atoms with van der Waals surface area (Å²) in [5, 5.41) is 7.55. The molecule has 1 fully saturated rings. The molecule has 0 aromatic carbocycles. The summed E-state index contributed by atoms with van der Waals surface area (Å²) in [4.78, 5) is 0. The van der Waals surface area contributed by atoms with Crippen LogP contribution in [0.1, 0.15) is 12.8 Å². The van der Waals surface area contributed by atoms with E-state index < -0.39 is 0 Å². The van der Waals surface area contributed by atoms with Gasteiger partial charge in [-0.15, -0.1) is 0 Å². The average Bonchev–Trinajstić information content (AvgIpc) is 2.74. The molecule has 1 aromatic rings. The van der Waals surface area contributed by atoms with Gasteiger partial charge in [-0.3, -0.25) is 4.68 Å². The molecule has 0 bridgehead atoms. The largest absolute Gasteiger partial charge is 0.316 e. The van der Waals surface area contributed by atoms with Gasteiger partial charge < -0.3 is 5.32 Å². The zero-order valence-electron chi connectivity index (χ0n) is 7.24. The molecule has 0 radical (unpaired) electrons. The van der Waals surface area contributed by atoms with E-state index in [1.54, 1.807) is 0 Å². The fourth-order valence-electron chi connectivity index (χ4n) is 1.71. The number of nitrogens with one attached hydrogen (secondary N) is 1. The lowest BCUT2D eigenvalue weighted by molar-refractivity contribution is 0.458. The molecule has 1 aliphatic heterocycles. The number of nitrogens with zero attached hydrogens (tertiary/aromatic N) is 2. The van der Waals surface area contributed by atoms with Crippen LogP contribution in [0.25, 0.3) is 0 Å². The first kappa shape index (κ1) is 7.80. The van der Waals surface area contributed by atoms with Crippen LogP contribution in [0.15, 0.2) is 18.5 Å². The smallest absolute Gasteiger partial charge is 0.0489 e. The molecular weight excluding hydrogens is 150 g/mol. The molecule has 3 nitrogen and oxygen atoms in total. The molecule has 3 heteroatoms. The third-order valence-electron chi connectivity index (χ3n) is 2.49. The van der Waals surface area contributed by atoms with E-state index >= 15 is 0 Å². The Bertz CT molecular complexity index is 212. The lowest BCUT2D eigenvalue weighted by Crippen LogP contribution is -2.11. The highest BCUT2D eigenvalue weighted by atomic mass is 15.3. The molecule has 12 heavy (non-hydrogen) atoms.